The molecule has 0 spiro atoms. The van der Waals surface area contributed by atoms with Crippen LogP contribution in [0, 0.1) is 0 Å². The Kier molecular flexibility index (Phi) is 6.38. The molecule has 23 heavy (non-hydrogen) atoms. The zero-order chi connectivity index (χ0) is 16.8. The van der Waals surface area contributed by atoms with Crippen LogP contribution in [0.25, 0.3) is 0 Å². The standard InChI is InChI=1S/C12H21N3O2.C4H7NO/c1-9(15-8-5-10(13)12(15)17)11(16)14-6-3-2-4-7-14;6-4-2-1-3-5-4/h9-10H,2-8,13H2,1H3;1-3H2,(H,5,6)/t9-,10-;/m0./s1. The van der Waals surface area contributed by atoms with Crippen LogP contribution in [-0.2, 0) is 14.4 Å². The van der Waals surface area contributed by atoms with Gasteiger partial charge < -0.3 is 20.9 Å². The number of hydrogen-bond acceptors (Lipinski definition) is 4. The average molecular weight is 324 g/mol. The molecular formula is C16H28N4O3. The van der Waals surface area contributed by atoms with Gasteiger partial charge in [0.1, 0.15) is 6.04 Å². The molecule has 0 aromatic rings. The maximum absolute atomic E-state index is 12.2. The number of nitrogens with one attached hydrogen (secondary N) is 1. The molecule has 7 nitrogen and oxygen atoms in total. The van der Waals surface area contributed by atoms with E-state index < -0.39 is 6.04 Å². The molecule has 0 aromatic heterocycles. The number of hydrogen-bond donors (Lipinski definition) is 2. The van der Waals surface area contributed by atoms with Crippen molar-refractivity contribution in [2.45, 2.75) is 57.5 Å². The molecule has 0 bridgehead atoms. The smallest absolute Gasteiger partial charge is 0.245 e. The van der Waals surface area contributed by atoms with Gasteiger partial charge in [0.15, 0.2) is 0 Å². The second kappa shape index (κ2) is 8.29. The van der Waals surface area contributed by atoms with Crippen LogP contribution < -0.4 is 11.1 Å². The van der Waals surface area contributed by atoms with Crippen molar-refractivity contribution in [2.24, 2.45) is 5.73 Å². The van der Waals surface area contributed by atoms with Crippen LogP contribution in [0.15, 0.2) is 0 Å². The van der Waals surface area contributed by atoms with E-state index in [-0.39, 0.29) is 23.8 Å². The van der Waals surface area contributed by atoms with Crippen molar-refractivity contribution < 1.29 is 14.4 Å². The topological polar surface area (TPSA) is 95.7 Å². The highest BCUT2D eigenvalue weighted by molar-refractivity contribution is 5.90. The number of nitrogens with zero attached hydrogens (tertiary/aromatic N) is 2. The molecule has 7 heteroatoms. The highest BCUT2D eigenvalue weighted by Crippen LogP contribution is 2.17. The van der Waals surface area contributed by atoms with Crippen LogP contribution in [0.5, 0.6) is 0 Å². The molecule has 0 unspecified atom stereocenters. The first-order valence-electron chi connectivity index (χ1n) is 8.62. The van der Waals surface area contributed by atoms with Gasteiger partial charge in [0.05, 0.1) is 6.04 Å². The Bertz CT molecular complexity index is 441. The van der Waals surface area contributed by atoms with Gasteiger partial charge in [0.25, 0.3) is 0 Å². The van der Waals surface area contributed by atoms with E-state index in [0.29, 0.717) is 13.0 Å². The van der Waals surface area contributed by atoms with Crippen LogP contribution in [-0.4, -0.2) is 65.8 Å². The van der Waals surface area contributed by atoms with Gasteiger partial charge in [0.2, 0.25) is 17.7 Å². The van der Waals surface area contributed by atoms with E-state index in [4.69, 9.17) is 5.73 Å². The van der Waals surface area contributed by atoms with Crippen molar-refractivity contribution in [3.8, 4) is 0 Å². The Morgan fingerprint density at radius 3 is 2.30 bits per heavy atom. The summed E-state index contributed by atoms with van der Waals surface area (Å²) in [5.74, 6) is 0.199. The minimum atomic E-state index is -0.411. The molecule has 2 atom stereocenters. The van der Waals surface area contributed by atoms with Crippen molar-refractivity contribution in [2.75, 3.05) is 26.2 Å². The fourth-order valence-electron chi connectivity index (χ4n) is 3.19. The molecule has 0 radical (unpaired) electrons. The number of rotatable bonds is 2. The molecule has 0 saturated carbocycles. The molecule has 3 rings (SSSR count). The lowest BCUT2D eigenvalue weighted by molar-refractivity contribution is -0.143. The molecule has 3 aliphatic heterocycles. The molecule has 0 aromatic carbocycles. The summed E-state index contributed by atoms with van der Waals surface area (Å²) in [6.07, 6.45) is 5.78. The number of likely N-dealkylation sites (tertiary alicyclic amines) is 2. The van der Waals surface area contributed by atoms with Gasteiger partial charge in [-0.15, -0.1) is 0 Å². The molecule has 3 saturated heterocycles. The maximum Gasteiger partial charge on any atom is 0.245 e. The van der Waals surface area contributed by atoms with Gasteiger partial charge in [0, 0.05) is 32.6 Å². The quantitative estimate of drug-likeness (QED) is 0.738. The summed E-state index contributed by atoms with van der Waals surface area (Å²) < 4.78 is 0. The Labute approximate surface area is 137 Å². The van der Waals surface area contributed by atoms with Crippen molar-refractivity contribution in [3.63, 3.8) is 0 Å². The molecule has 3 heterocycles. The summed E-state index contributed by atoms with van der Waals surface area (Å²) in [6, 6.07) is -0.763. The lowest BCUT2D eigenvalue weighted by atomic mass is 10.1. The largest absolute Gasteiger partial charge is 0.356 e. The number of carbonyl (C=O) groups excluding carboxylic acids is 3. The zero-order valence-corrected chi connectivity index (χ0v) is 13.9. The normalized spacial score (nSPS) is 25.7. The third-order valence-corrected chi connectivity index (χ3v) is 4.68. The number of carbonyl (C=O) groups is 3. The summed E-state index contributed by atoms with van der Waals surface area (Å²) >= 11 is 0. The predicted octanol–water partition coefficient (Wildman–Crippen LogP) is -0.157. The highest BCUT2D eigenvalue weighted by Gasteiger charge is 2.36. The van der Waals surface area contributed by atoms with Crippen LogP contribution >= 0.6 is 0 Å². The van der Waals surface area contributed by atoms with Gasteiger partial charge in [-0.25, -0.2) is 0 Å². The van der Waals surface area contributed by atoms with E-state index in [1.54, 1.807) is 4.90 Å². The Morgan fingerprint density at radius 2 is 1.87 bits per heavy atom. The minimum Gasteiger partial charge on any atom is -0.356 e. The summed E-state index contributed by atoms with van der Waals surface area (Å²) in [7, 11) is 0. The van der Waals surface area contributed by atoms with Crippen molar-refractivity contribution in [3.05, 3.63) is 0 Å². The third-order valence-electron chi connectivity index (χ3n) is 4.68. The average Bonchev–Trinajstić information content (AvgIpc) is 3.17. The molecule has 3 amide bonds. The van der Waals surface area contributed by atoms with Crippen LogP contribution in [0.2, 0.25) is 0 Å². The highest BCUT2D eigenvalue weighted by atomic mass is 16.2. The van der Waals surface area contributed by atoms with E-state index in [2.05, 4.69) is 5.32 Å². The maximum atomic E-state index is 12.2. The fourth-order valence-corrected chi connectivity index (χ4v) is 3.19. The van der Waals surface area contributed by atoms with E-state index in [9.17, 15) is 14.4 Å². The molecule has 3 aliphatic rings. The van der Waals surface area contributed by atoms with Gasteiger partial charge in [-0.3, -0.25) is 14.4 Å². The predicted molar refractivity (Wildman–Crippen MR) is 86.4 cm³/mol. The Hall–Kier alpha value is -1.63. The van der Waals surface area contributed by atoms with E-state index in [0.717, 1.165) is 45.3 Å². The van der Waals surface area contributed by atoms with Crippen molar-refractivity contribution in [1.29, 1.82) is 0 Å². The number of amides is 3. The zero-order valence-electron chi connectivity index (χ0n) is 13.9. The monoisotopic (exact) mass is 324 g/mol. The van der Waals surface area contributed by atoms with Crippen LogP contribution in [0.4, 0.5) is 0 Å². The first-order valence-corrected chi connectivity index (χ1v) is 8.62. The van der Waals surface area contributed by atoms with E-state index in [1.165, 1.54) is 6.42 Å². The molecular weight excluding hydrogens is 296 g/mol. The van der Waals surface area contributed by atoms with Gasteiger partial charge in [-0.2, -0.15) is 0 Å². The summed E-state index contributed by atoms with van der Waals surface area (Å²) in [4.78, 5) is 37.6. The second-order valence-corrected chi connectivity index (χ2v) is 6.44. The molecule has 0 aliphatic carbocycles. The minimum absolute atomic E-state index is 0.0761. The molecule has 3 N–H and O–H groups in total. The molecule has 130 valence electrons. The lowest BCUT2D eigenvalue weighted by Crippen LogP contribution is -2.50. The van der Waals surface area contributed by atoms with Gasteiger partial charge >= 0.3 is 0 Å². The number of nitrogens with two attached hydrogens (primary N) is 1. The van der Waals surface area contributed by atoms with Crippen molar-refractivity contribution >= 4 is 17.7 Å². The van der Waals surface area contributed by atoms with E-state index >= 15 is 0 Å². The third kappa shape index (κ3) is 4.67. The molecule has 3 fully saturated rings. The second-order valence-electron chi connectivity index (χ2n) is 6.44. The summed E-state index contributed by atoms with van der Waals surface area (Å²) in [5, 5.41) is 2.68. The first kappa shape index (κ1) is 17.7. The Balaban J connectivity index is 0.000000268. The SMILES string of the molecule is C[C@@H](C(=O)N1CCCCC1)N1CC[C@H](N)C1=O.O=C1CCCN1. The first-order chi connectivity index (χ1) is 11.0. The Morgan fingerprint density at radius 1 is 1.17 bits per heavy atom. The van der Waals surface area contributed by atoms with Crippen LogP contribution in [0.1, 0.15) is 45.4 Å². The fraction of sp³-hybridized carbons (Fsp3) is 0.812. The lowest BCUT2D eigenvalue weighted by Gasteiger charge is -2.32. The number of piperidine rings is 1. The van der Waals surface area contributed by atoms with E-state index in [1.807, 2.05) is 11.8 Å². The van der Waals surface area contributed by atoms with Gasteiger partial charge in [-0.1, -0.05) is 0 Å². The van der Waals surface area contributed by atoms with Crippen molar-refractivity contribution in [1.82, 2.24) is 15.1 Å². The summed E-state index contributed by atoms with van der Waals surface area (Å²) in [6.45, 7) is 4.97. The van der Waals surface area contributed by atoms with Crippen LogP contribution in [0.3, 0.4) is 0 Å². The van der Waals surface area contributed by atoms with Gasteiger partial charge in [-0.05, 0) is 39.0 Å². The summed E-state index contributed by atoms with van der Waals surface area (Å²) in [5.41, 5.74) is 5.67.